The van der Waals surface area contributed by atoms with Crippen molar-refractivity contribution in [2.75, 3.05) is 12.9 Å². The molecular formula is C13H13NO3S. The molecule has 0 saturated carbocycles. The summed E-state index contributed by atoms with van der Waals surface area (Å²) in [6.07, 6.45) is 3.22. The Bertz CT molecular complexity index is 537. The predicted octanol–water partition coefficient (Wildman–Crippen LogP) is 3.24. The summed E-state index contributed by atoms with van der Waals surface area (Å²) >= 11 is 1.61. The largest absolute Gasteiger partial charge is 0.465 e. The van der Waals surface area contributed by atoms with Crippen LogP contribution in [0.1, 0.15) is 17.3 Å². The first kappa shape index (κ1) is 12.7. The van der Waals surface area contributed by atoms with E-state index >= 15 is 0 Å². The van der Waals surface area contributed by atoms with Gasteiger partial charge in [0, 0.05) is 10.5 Å². The van der Waals surface area contributed by atoms with Gasteiger partial charge in [-0.05, 0) is 23.4 Å². The first-order valence-electron chi connectivity index (χ1n) is 5.51. The molecule has 0 saturated heterocycles. The van der Waals surface area contributed by atoms with Crippen LogP contribution in [0.3, 0.4) is 0 Å². The number of rotatable bonds is 4. The number of carbonyl (C=O) groups excluding carboxylic acids is 1. The minimum absolute atomic E-state index is 0.317. The van der Waals surface area contributed by atoms with E-state index in [0.29, 0.717) is 5.56 Å². The van der Waals surface area contributed by atoms with Crippen molar-refractivity contribution in [2.24, 2.45) is 0 Å². The lowest BCUT2D eigenvalue weighted by Gasteiger charge is -2.08. The quantitative estimate of drug-likeness (QED) is 0.626. The summed E-state index contributed by atoms with van der Waals surface area (Å²) in [5.41, 5.74) is 2.45. The van der Waals surface area contributed by atoms with Crippen LogP contribution in [0.4, 0.5) is 0 Å². The maximum Gasteiger partial charge on any atom is 0.338 e. The van der Waals surface area contributed by atoms with Gasteiger partial charge in [0.15, 0.2) is 0 Å². The van der Waals surface area contributed by atoms with Crippen molar-refractivity contribution in [1.29, 1.82) is 0 Å². The number of hydrogen-bond donors (Lipinski definition) is 0. The third-order valence-corrected chi connectivity index (χ3v) is 3.39. The van der Waals surface area contributed by atoms with Gasteiger partial charge in [0.1, 0.15) is 6.26 Å². The predicted molar refractivity (Wildman–Crippen MR) is 69.7 cm³/mol. The van der Waals surface area contributed by atoms with Crippen molar-refractivity contribution in [3.8, 4) is 11.1 Å². The molecule has 0 N–H and O–H groups in total. The lowest BCUT2D eigenvalue weighted by molar-refractivity contribution is 0.0597. The Hall–Kier alpha value is -1.75. The number of esters is 1. The van der Waals surface area contributed by atoms with Crippen LogP contribution in [0.25, 0.3) is 11.1 Å². The summed E-state index contributed by atoms with van der Waals surface area (Å²) in [5.74, 6) is 0.569. The van der Waals surface area contributed by atoms with Crippen LogP contribution in [-0.2, 0) is 4.74 Å². The first-order valence-corrected chi connectivity index (χ1v) is 6.49. The van der Waals surface area contributed by atoms with E-state index in [9.17, 15) is 4.79 Å². The molecule has 0 radical (unpaired) electrons. The topological polar surface area (TPSA) is 52.3 Å². The van der Waals surface area contributed by atoms with Crippen molar-refractivity contribution in [3.63, 3.8) is 0 Å². The van der Waals surface area contributed by atoms with Gasteiger partial charge in [0.2, 0.25) is 0 Å². The van der Waals surface area contributed by atoms with Crippen LogP contribution in [0.2, 0.25) is 0 Å². The maximum absolute atomic E-state index is 11.6. The zero-order chi connectivity index (χ0) is 13.0. The molecule has 0 atom stereocenters. The number of thioether (sulfide) groups is 1. The molecule has 1 heterocycles. The standard InChI is InChI=1S/C13H13NO3S/c1-3-18-12-6-9(10-7-14-17-8-10)4-5-11(12)13(15)16-2/h4-8H,3H2,1-2H3. The van der Waals surface area contributed by atoms with Gasteiger partial charge in [-0.3, -0.25) is 0 Å². The lowest BCUT2D eigenvalue weighted by Crippen LogP contribution is -2.03. The molecule has 4 nitrogen and oxygen atoms in total. The smallest absolute Gasteiger partial charge is 0.338 e. The van der Waals surface area contributed by atoms with Crippen LogP contribution >= 0.6 is 11.8 Å². The SMILES string of the molecule is CCSc1cc(-c2cnoc2)ccc1C(=O)OC. The number of hydrogen-bond acceptors (Lipinski definition) is 5. The normalized spacial score (nSPS) is 10.3. The van der Waals surface area contributed by atoms with Gasteiger partial charge in [-0.1, -0.05) is 18.1 Å². The van der Waals surface area contributed by atoms with E-state index in [1.165, 1.54) is 7.11 Å². The van der Waals surface area contributed by atoms with Crippen LogP contribution in [-0.4, -0.2) is 24.0 Å². The molecule has 2 rings (SSSR count). The molecule has 0 aliphatic heterocycles. The van der Waals surface area contributed by atoms with Crippen LogP contribution in [0, 0.1) is 0 Å². The van der Waals surface area contributed by atoms with Gasteiger partial charge >= 0.3 is 5.97 Å². The van der Waals surface area contributed by atoms with Crippen molar-refractivity contribution >= 4 is 17.7 Å². The second-order valence-electron chi connectivity index (χ2n) is 3.55. The van der Waals surface area contributed by atoms with Crippen molar-refractivity contribution in [1.82, 2.24) is 5.16 Å². The Morgan fingerprint density at radius 2 is 2.28 bits per heavy atom. The maximum atomic E-state index is 11.6. The number of ether oxygens (including phenoxy) is 1. The molecule has 0 aliphatic rings. The summed E-state index contributed by atoms with van der Waals surface area (Å²) in [6, 6.07) is 5.58. The second-order valence-corrected chi connectivity index (χ2v) is 4.85. The van der Waals surface area contributed by atoms with Gasteiger partial charge < -0.3 is 9.26 Å². The number of carbonyl (C=O) groups is 1. The molecular weight excluding hydrogens is 250 g/mol. The van der Waals surface area contributed by atoms with E-state index in [4.69, 9.17) is 9.26 Å². The fourth-order valence-electron chi connectivity index (χ4n) is 1.60. The number of aromatic nitrogens is 1. The molecule has 0 spiro atoms. The summed E-state index contributed by atoms with van der Waals surface area (Å²) < 4.78 is 9.59. The molecule has 2 aromatic rings. The molecule has 0 fully saturated rings. The highest BCUT2D eigenvalue weighted by atomic mass is 32.2. The molecule has 18 heavy (non-hydrogen) atoms. The molecule has 1 aromatic heterocycles. The van der Waals surface area contributed by atoms with E-state index in [1.54, 1.807) is 30.3 Å². The monoisotopic (exact) mass is 263 g/mol. The van der Waals surface area contributed by atoms with Crippen molar-refractivity contribution < 1.29 is 14.1 Å². The highest BCUT2D eigenvalue weighted by molar-refractivity contribution is 7.99. The van der Waals surface area contributed by atoms with Crippen molar-refractivity contribution in [2.45, 2.75) is 11.8 Å². The van der Waals surface area contributed by atoms with E-state index in [-0.39, 0.29) is 5.97 Å². The summed E-state index contributed by atoms with van der Waals surface area (Å²) in [4.78, 5) is 12.5. The molecule has 0 bridgehead atoms. The van der Waals surface area contributed by atoms with Crippen molar-refractivity contribution in [3.05, 3.63) is 36.2 Å². The lowest BCUT2D eigenvalue weighted by atomic mass is 10.1. The van der Waals surface area contributed by atoms with E-state index in [2.05, 4.69) is 5.16 Å². The van der Waals surface area contributed by atoms with Crippen LogP contribution in [0.5, 0.6) is 0 Å². The first-order chi connectivity index (χ1) is 8.76. The third kappa shape index (κ3) is 2.56. The summed E-state index contributed by atoms with van der Waals surface area (Å²) in [5, 5.41) is 3.67. The highest BCUT2D eigenvalue weighted by Crippen LogP contribution is 2.29. The van der Waals surface area contributed by atoms with Crippen LogP contribution < -0.4 is 0 Å². The summed E-state index contributed by atoms with van der Waals surface area (Å²) in [7, 11) is 1.39. The Kier molecular flexibility index (Phi) is 4.04. The molecule has 94 valence electrons. The Morgan fingerprint density at radius 3 is 2.89 bits per heavy atom. The van der Waals surface area contributed by atoms with Gasteiger partial charge in [-0.2, -0.15) is 0 Å². The zero-order valence-electron chi connectivity index (χ0n) is 10.2. The van der Waals surface area contributed by atoms with Gasteiger partial charge in [-0.25, -0.2) is 4.79 Å². The minimum atomic E-state index is -0.317. The number of methoxy groups -OCH3 is 1. The molecule has 0 unspecified atom stereocenters. The zero-order valence-corrected chi connectivity index (χ0v) is 11.0. The minimum Gasteiger partial charge on any atom is -0.465 e. The second kappa shape index (κ2) is 5.73. The Morgan fingerprint density at radius 1 is 1.44 bits per heavy atom. The Labute approximate surface area is 109 Å². The summed E-state index contributed by atoms with van der Waals surface area (Å²) in [6.45, 7) is 2.04. The van der Waals surface area contributed by atoms with Gasteiger partial charge in [0.25, 0.3) is 0 Å². The molecule has 5 heteroatoms. The van der Waals surface area contributed by atoms with E-state index < -0.39 is 0 Å². The molecule has 0 aliphatic carbocycles. The van der Waals surface area contributed by atoms with Gasteiger partial charge in [0.05, 0.1) is 18.9 Å². The third-order valence-electron chi connectivity index (χ3n) is 2.45. The molecule has 1 aromatic carbocycles. The number of benzene rings is 1. The fourth-order valence-corrected chi connectivity index (χ4v) is 2.43. The van der Waals surface area contributed by atoms with Gasteiger partial charge in [-0.15, -0.1) is 11.8 Å². The molecule has 0 amide bonds. The highest BCUT2D eigenvalue weighted by Gasteiger charge is 2.13. The average molecular weight is 263 g/mol. The van der Waals surface area contributed by atoms with Crippen LogP contribution in [0.15, 0.2) is 40.1 Å². The average Bonchev–Trinajstić information content (AvgIpc) is 2.92. The fraction of sp³-hybridized carbons (Fsp3) is 0.231. The van der Waals surface area contributed by atoms with E-state index in [1.807, 2.05) is 19.1 Å². The Balaban J connectivity index is 2.43. The number of nitrogens with zero attached hydrogens (tertiary/aromatic N) is 1. The van der Waals surface area contributed by atoms with E-state index in [0.717, 1.165) is 21.8 Å².